The number of amides is 1. The highest BCUT2D eigenvalue weighted by molar-refractivity contribution is 7.99. The molecule has 4 nitrogen and oxygen atoms in total. The molecule has 0 aromatic heterocycles. The lowest BCUT2D eigenvalue weighted by atomic mass is 10.2. The van der Waals surface area contributed by atoms with E-state index in [4.69, 9.17) is 4.74 Å². The first-order chi connectivity index (χ1) is 12.1. The summed E-state index contributed by atoms with van der Waals surface area (Å²) >= 11 is 1.76. The molecule has 0 aliphatic carbocycles. The van der Waals surface area contributed by atoms with Crippen LogP contribution in [0.15, 0.2) is 53.4 Å². The molecule has 2 aromatic rings. The Bertz CT molecular complexity index is 656. The SMILES string of the molecule is COc1ccc(C[NH+](C)CC(=O)NCCSc2ccc(C)cc2)cc1. The summed E-state index contributed by atoms with van der Waals surface area (Å²) in [6.45, 7) is 4.06. The lowest BCUT2D eigenvalue weighted by Gasteiger charge is -2.14. The second-order valence-electron chi connectivity index (χ2n) is 6.17. The third-order valence-corrected chi connectivity index (χ3v) is 4.85. The van der Waals surface area contributed by atoms with Crippen molar-refractivity contribution in [1.29, 1.82) is 0 Å². The largest absolute Gasteiger partial charge is 0.497 e. The van der Waals surface area contributed by atoms with Crippen LogP contribution in [0.2, 0.25) is 0 Å². The predicted octanol–water partition coefficient (Wildman–Crippen LogP) is 1.93. The van der Waals surface area contributed by atoms with E-state index in [1.807, 2.05) is 31.3 Å². The van der Waals surface area contributed by atoms with Gasteiger partial charge in [-0.3, -0.25) is 4.79 Å². The quantitative estimate of drug-likeness (QED) is 0.531. The molecule has 1 atom stereocenters. The summed E-state index contributed by atoms with van der Waals surface area (Å²) < 4.78 is 5.16. The molecule has 0 spiro atoms. The van der Waals surface area contributed by atoms with E-state index in [1.54, 1.807) is 18.9 Å². The van der Waals surface area contributed by atoms with Crippen molar-refractivity contribution >= 4 is 17.7 Å². The van der Waals surface area contributed by atoms with E-state index >= 15 is 0 Å². The zero-order chi connectivity index (χ0) is 18.1. The maximum Gasteiger partial charge on any atom is 0.275 e. The molecule has 1 unspecified atom stereocenters. The number of thioether (sulfide) groups is 1. The predicted molar refractivity (Wildman–Crippen MR) is 103 cm³/mol. The number of benzene rings is 2. The Morgan fingerprint density at radius 3 is 2.44 bits per heavy atom. The van der Waals surface area contributed by atoms with Gasteiger partial charge in [-0.25, -0.2) is 0 Å². The second kappa shape index (κ2) is 10.1. The number of methoxy groups -OCH3 is 1. The van der Waals surface area contributed by atoms with Crippen molar-refractivity contribution < 1.29 is 14.4 Å². The topological polar surface area (TPSA) is 42.8 Å². The van der Waals surface area contributed by atoms with Crippen LogP contribution in [0.25, 0.3) is 0 Å². The number of quaternary nitrogens is 1. The fourth-order valence-electron chi connectivity index (χ4n) is 2.48. The summed E-state index contributed by atoms with van der Waals surface area (Å²) in [7, 11) is 3.69. The molecule has 0 heterocycles. The third-order valence-electron chi connectivity index (χ3n) is 3.84. The van der Waals surface area contributed by atoms with E-state index in [0.717, 1.165) is 22.9 Å². The maximum absolute atomic E-state index is 12.0. The smallest absolute Gasteiger partial charge is 0.275 e. The Morgan fingerprint density at radius 2 is 1.80 bits per heavy atom. The Morgan fingerprint density at radius 1 is 1.12 bits per heavy atom. The summed E-state index contributed by atoms with van der Waals surface area (Å²) in [5.41, 5.74) is 2.46. The maximum atomic E-state index is 12.0. The first kappa shape index (κ1) is 19.3. The molecule has 0 saturated heterocycles. The molecule has 5 heteroatoms. The zero-order valence-corrected chi connectivity index (χ0v) is 16.0. The number of aryl methyl sites for hydroxylation is 1. The molecule has 134 valence electrons. The highest BCUT2D eigenvalue weighted by Gasteiger charge is 2.10. The van der Waals surface area contributed by atoms with Crippen molar-refractivity contribution in [2.45, 2.75) is 18.4 Å². The van der Waals surface area contributed by atoms with Gasteiger partial charge in [0.15, 0.2) is 6.54 Å². The van der Waals surface area contributed by atoms with E-state index in [-0.39, 0.29) is 5.91 Å². The number of ether oxygens (including phenoxy) is 1. The lowest BCUT2D eigenvalue weighted by Crippen LogP contribution is -3.08. The Kier molecular flexibility index (Phi) is 7.82. The second-order valence-corrected chi connectivity index (χ2v) is 7.34. The number of carbonyl (C=O) groups excluding carboxylic acids is 1. The van der Waals surface area contributed by atoms with Gasteiger partial charge >= 0.3 is 0 Å². The molecular formula is C20H27N2O2S+. The van der Waals surface area contributed by atoms with Gasteiger partial charge in [0.1, 0.15) is 12.3 Å². The number of rotatable bonds is 9. The van der Waals surface area contributed by atoms with Crippen molar-refractivity contribution in [1.82, 2.24) is 5.32 Å². The van der Waals surface area contributed by atoms with E-state index < -0.39 is 0 Å². The van der Waals surface area contributed by atoms with Crippen LogP contribution in [-0.4, -0.2) is 38.9 Å². The van der Waals surface area contributed by atoms with E-state index in [9.17, 15) is 4.79 Å². The molecule has 0 aliphatic rings. The minimum absolute atomic E-state index is 0.0931. The molecule has 2 aromatic carbocycles. The van der Waals surface area contributed by atoms with Crippen molar-refractivity contribution in [3.05, 3.63) is 59.7 Å². The van der Waals surface area contributed by atoms with Gasteiger partial charge in [0.2, 0.25) is 0 Å². The van der Waals surface area contributed by atoms with Gasteiger partial charge in [0, 0.05) is 22.8 Å². The molecule has 0 saturated carbocycles. The first-order valence-electron chi connectivity index (χ1n) is 8.47. The number of carbonyl (C=O) groups is 1. The van der Waals surface area contributed by atoms with Crippen molar-refractivity contribution in [2.24, 2.45) is 0 Å². The monoisotopic (exact) mass is 359 g/mol. The van der Waals surface area contributed by atoms with Gasteiger partial charge < -0.3 is 15.0 Å². The zero-order valence-electron chi connectivity index (χ0n) is 15.2. The molecule has 25 heavy (non-hydrogen) atoms. The molecule has 0 aliphatic heterocycles. The number of hydrogen-bond donors (Lipinski definition) is 2. The fraction of sp³-hybridized carbons (Fsp3) is 0.350. The average Bonchev–Trinajstić information content (AvgIpc) is 2.61. The van der Waals surface area contributed by atoms with Gasteiger partial charge in [-0.2, -0.15) is 0 Å². The van der Waals surface area contributed by atoms with E-state index in [2.05, 4.69) is 36.5 Å². The fourth-order valence-corrected chi connectivity index (χ4v) is 3.25. The molecule has 0 radical (unpaired) electrons. The molecule has 1 amide bonds. The van der Waals surface area contributed by atoms with Crippen molar-refractivity contribution in [3.63, 3.8) is 0 Å². The molecule has 2 rings (SSSR count). The number of hydrogen-bond acceptors (Lipinski definition) is 3. The van der Waals surface area contributed by atoms with Crippen LogP contribution in [0.3, 0.4) is 0 Å². The molecule has 0 fully saturated rings. The standard InChI is InChI=1S/C20H26N2O2S/c1-16-4-10-19(11-5-16)25-13-12-21-20(23)15-22(2)14-17-6-8-18(24-3)9-7-17/h4-11H,12-15H2,1-3H3,(H,21,23)/p+1. The Balaban J connectivity index is 1.64. The molecular weight excluding hydrogens is 332 g/mol. The summed E-state index contributed by atoms with van der Waals surface area (Å²) in [6, 6.07) is 16.4. The minimum atomic E-state index is 0.0931. The van der Waals surface area contributed by atoms with Crippen LogP contribution < -0.4 is 15.0 Å². The van der Waals surface area contributed by atoms with Crippen LogP contribution in [0, 0.1) is 6.92 Å². The third kappa shape index (κ3) is 7.20. The number of nitrogens with one attached hydrogen (secondary N) is 2. The number of likely N-dealkylation sites (N-methyl/N-ethyl adjacent to an activating group) is 1. The summed E-state index contributed by atoms with van der Waals surface area (Å²) in [6.07, 6.45) is 0. The Hall–Kier alpha value is -1.98. The van der Waals surface area contributed by atoms with Crippen molar-refractivity contribution in [2.75, 3.05) is 33.0 Å². The normalized spacial score (nSPS) is 11.8. The van der Waals surface area contributed by atoms with Crippen LogP contribution >= 0.6 is 11.8 Å². The van der Waals surface area contributed by atoms with Crippen molar-refractivity contribution in [3.8, 4) is 5.75 Å². The van der Waals surface area contributed by atoms with Crippen LogP contribution in [-0.2, 0) is 11.3 Å². The van der Waals surface area contributed by atoms with E-state index in [0.29, 0.717) is 13.1 Å². The van der Waals surface area contributed by atoms with Gasteiger partial charge in [-0.1, -0.05) is 17.7 Å². The van der Waals surface area contributed by atoms with Crippen LogP contribution in [0.5, 0.6) is 5.75 Å². The van der Waals surface area contributed by atoms with Crippen LogP contribution in [0.1, 0.15) is 11.1 Å². The average molecular weight is 360 g/mol. The van der Waals surface area contributed by atoms with Gasteiger partial charge in [-0.15, -0.1) is 11.8 Å². The van der Waals surface area contributed by atoms with Crippen LogP contribution in [0.4, 0.5) is 0 Å². The van der Waals surface area contributed by atoms with E-state index in [1.165, 1.54) is 16.0 Å². The molecule has 2 N–H and O–H groups in total. The lowest BCUT2D eigenvalue weighted by molar-refractivity contribution is -0.885. The highest BCUT2D eigenvalue weighted by Crippen LogP contribution is 2.17. The van der Waals surface area contributed by atoms with Gasteiger partial charge in [-0.05, 0) is 43.3 Å². The highest BCUT2D eigenvalue weighted by atomic mass is 32.2. The Labute approximate surface area is 154 Å². The first-order valence-corrected chi connectivity index (χ1v) is 9.46. The minimum Gasteiger partial charge on any atom is -0.497 e. The molecule has 0 bridgehead atoms. The van der Waals surface area contributed by atoms with Gasteiger partial charge in [0.05, 0.1) is 14.2 Å². The summed E-state index contributed by atoms with van der Waals surface area (Å²) in [5, 5.41) is 3.00. The summed E-state index contributed by atoms with van der Waals surface area (Å²) in [4.78, 5) is 14.4. The van der Waals surface area contributed by atoms with Gasteiger partial charge in [0.25, 0.3) is 5.91 Å². The summed E-state index contributed by atoms with van der Waals surface area (Å²) in [5.74, 6) is 1.83.